The molecule has 0 radical (unpaired) electrons. The Balaban J connectivity index is 3.74. The van der Waals surface area contributed by atoms with Gasteiger partial charge in [0.1, 0.15) is 0 Å². The first-order chi connectivity index (χ1) is 3.81. The molecule has 0 aliphatic carbocycles. The summed E-state index contributed by atoms with van der Waals surface area (Å²) in [6, 6.07) is 0. The highest BCUT2D eigenvalue weighted by Crippen LogP contribution is 1.90. The van der Waals surface area contributed by atoms with Crippen LogP contribution in [-0.4, -0.2) is 6.72 Å². The quantitative estimate of drug-likeness (QED) is 0.380. The molecule has 44 valence electrons. The van der Waals surface area contributed by atoms with E-state index in [0.717, 1.165) is 5.70 Å². The third-order valence-electron chi connectivity index (χ3n) is 0.779. The predicted octanol–water partition coefficient (Wildman–Crippen LogP) is 2.17. The van der Waals surface area contributed by atoms with E-state index in [4.69, 9.17) is 0 Å². The lowest BCUT2D eigenvalue weighted by Crippen LogP contribution is -1.61. The van der Waals surface area contributed by atoms with Gasteiger partial charge in [-0.05, 0) is 26.6 Å². The Morgan fingerprint density at radius 3 is 2.62 bits per heavy atom. The predicted molar refractivity (Wildman–Crippen MR) is 38.1 cm³/mol. The highest BCUT2D eigenvalue weighted by Gasteiger charge is 1.71. The average molecular weight is 109 g/mol. The van der Waals surface area contributed by atoms with E-state index in [-0.39, 0.29) is 0 Å². The summed E-state index contributed by atoms with van der Waals surface area (Å²) in [4.78, 5) is 3.69. The number of allylic oxidation sites excluding steroid dienone is 4. The summed E-state index contributed by atoms with van der Waals surface area (Å²) in [5.41, 5.74) is 0.947. The minimum atomic E-state index is 0.947. The van der Waals surface area contributed by atoms with Crippen LogP contribution in [0, 0.1) is 0 Å². The minimum Gasteiger partial charge on any atom is -0.269 e. The van der Waals surface area contributed by atoms with Crippen LogP contribution in [0.25, 0.3) is 0 Å². The van der Waals surface area contributed by atoms with Crippen molar-refractivity contribution >= 4 is 6.72 Å². The van der Waals surface area contributed by atoms with E-state index in [1.54, 1.807) is 0 Å². The zero-order valence-electron chi connectivity index (χ0n) is 5.39. The second-order valence-electron chi connectivity index (χ2n) is 1.49. The second-order valence-corrected chi connectivity index (χ2v) is 1.49. The van der Waals surface area contributed by atoms with Crippen molar-refractivity contribution in [3.05, 3.63) is 23.9 Å². The standard InChI is InChI=1S/C7H11N/c1-4-5-6-7(2)8-3/h4-6H,3H2,1-2H3/b5-4-,7-6-. The van der Waals surface area contributed by atoms with Crippen LogP contribution in [0.1, 0.15) is 13.8 Å². The summed E-state index contributed by atoms with van der Waals surface area (Å²) >= 11 is 0. The van der Waals surface area contributed by atoms with Crippen LogP contribution in [0.3, 0.4) is 0 Å². The Labute approximate surface area is 50.4 Å². The van der Waals surface area contributed by atoms with Crippen molar-refractivity contribution in [3.8, 4) is 0 Å². The number of hydrogen-bond donors (Lipinski definition) is 0. The number of nitrogens with zero attached hydrogens (tertiary/aromatic N) is 1. The molecule has 1 nitrogen and oxygen atoms in total. The molecule has 0 rings (SSSR count). The molecule has 0 amide bonds. The lowest BCUT2D eigenvalue weighted by atomic mass is 10.4. The van der Waals surface area contributed by atoms with Crippen molar-refractivity contribution < 1.29 is 0 Å². The lowest BCUT2D eigenvalue weighted by Gasteiger charge is -1.81. The van der Waals surface area contributed by atoms with Crippen molar-refractivity contribution in [2.24, 2.45) is 4.99 Å². The molecule has 0 heterocycles. The fraction of sp³-hybridized carbons (Fsp3) is 0.286. The Kier molecular flexibility index (Phi) is 3.85. The molecule has 0 atom stereocenters. The highest BCUT2D eigenvalue weighted by molar-refractivity contribution is 5.29. The van der Waals surface area contributed by atoms with Gasteiger partial charge in [0.15, 0.2) is 0 Å². The molecule has 0 aromatic carbocycles. The van der Waals surface area contributed by atoms with Crippen molar-refractivity contribution in [2.75, 3.05) is 0 Å². The van der Waals surface area contributed by atoms with Crippen molar-refractivity contribution in [1.29, 1.82) is 0 Å². The Hall–Kier alpha value is -0.850. The molecule has 0 aliphatic heterocycles. The Bertz CT molecular complexity index is 120. The first kappa shape index (κ1) is 7.15. The van der Waals surface area contributed by atoms with Gasteiger partial charge in [-0.2, -0.15) is 0 Å². The summed E-state index contributed by atoms with van der Waals surface area (Å²) in [5, 5.41) is 0. The minimum absolute atomic E-state index is 0.947. The van der Waals surface area contributed by atoms with E-state index in [9.17, 15) is 0 Å². The fourth-order valence-electron chi connectivity index (χ4n) is 0.288. The number of hydrogen-bond acceptors (Lipinski definition) is 1. The molecule has 0 aromatic rings. The maximum atomic E-state index is 3.69. The van der Waals surface area contributed by atoms with Crippen molar-refractivity contribution in [1.82, 2.24) is 0 Å². The third kappa shape index (κ3) is 3.34. The molecule has 1 heteroatoms. The largest absolute Gasteiger partial charge is 0.269 e. The number of aliphatic imine (C=N–C) groups is 1. The van der Waals surface area contributed by atoms with E-state index >= 15 is 0 Å². The van der Waals surface area contributed by atoms with E-state index in [1.165, 1.54) is 0 Å². The van der Waals surface area contributed by atoms with E-state index in [2.05, 4.69) is 11.7 Å². The molecule has 8 heavy (non-hydrogen) atoms. The van der Waals surface area contributed by atoms with Gasteiger partial charge in [0.25, 0.3) is 0 Å². The van der Waals surface area contributed by atoms with Crippen LogP contribution in [0.15, 0.2) is 28.9 Å². The van der Waals surface area contributed by atoms with Gasteiger partial charge in [0.2, 0.25) is 0 Å². The third-order valence-corrected chi connectivity index (χ3v) is 0.779. The molecule has 0 aromatic heterocycles. The van der Waals surface area contributed by atoms with Gasteiger partial charge < -0.3 is 0 Å². The lowest BCUT2D eigenvalue weighted by molar-refractivity contribution is 1.33. The molecular formula is C7H11N. The summed E-state index contributed by atoms with van der Waals surface area (Å²) in [5.74, 6) is 0. The first-order valence-electron chi connectivity index (χ1n) is 2.57. The van der Waals surface area contributed by atoms with Crippen LogP contribution >= 0.6 is 0 Å². The molecule has 0 fully saturated rings. The first-order valence-corrected chi connectivity index (χ1v) is 2.57. The molecule has 0 spiro atoms. The van der Waals surface area contributed by atoms with Gasteiger partial charge in [-0.25, -0.2) is 0 Å². The van der Waals surface area contributed by atoms with Gasteiger partial charge in [-0.3, -0.25) is 4.99 Å². The van der Waals surface area contributed by atoms with Gasteiger partial charge in [-0.15, -0.1) is 0 Å². The summed E-state index contributed by atoms with van der Waals surface area (Å²) in [7, 11) is 0. The molecular weight excluding hydrogens is 98.1 g/mol. The normalized spacial score (nSPS) is 12.5. The molecule has 0 bridgehead atoms. The molecule has 0 N–H and O–H groups in total. The average Bonchev–Trinajstić information content (AvgIpc) is 1.83. The molecule has 0 aliphatic rings. The molecule has 0 saturated carbocycles. The van der Waals surface area contributed by atoms with Gasteiger partial charge >= 0.3 is 0 Å². The van der Waals surface area contributed by atoms with Crippen LogP contribution in [0.5, 0.6) is 0 Å². The smallest absolute Gasteiger partial charge is 0.0365 e. The monoisotopic (exact) mass is 109 g/mol. The molecule has 0 unspecified atom stereocenters. The Morgan fingerprint density at radius 1 is 1.62 bits per heavy atom. The molecule has 0 saturated heterocycles. The topological polar surface area (TPSA) is 12.4 Å². The zero-order valence-corrected chi connectivity index (χ0v) is 5.39. The van der Waals surface area contributed by atoms with E-state index in [1.807, 2.05) is 32.1 Å². The summed E-state index contributed by atoms with van der Waals surface area (Å²) < 4.78 is 0. The van der Waals surface area contributed by atoms with Crippen LogP contribution < -0.4 is 0 Å². The Morgan fingerprint density at radius 2 is 2.25 bits per heavy atom. The maximum Gasteiger partial charge on any atom is 0.0365 e. The van der Waals surface area contributed by atoms with Crippen molar-refractivity contribution in [2.45, 2.75) is 13.8 Å². The zero-order chi connectivity index (χ0) is 6.41. The highest BCUT2D eigenvalue weighted by atomic mass is 14.7. The second kappa shape index (κ2) is 4.31. The van der Waals surface area contributed by atoms with E-state index < -0.39 is 0 Å². The van der Waals surface area contributed by atoms with Gasteiger partial charge in [-0.1, -0.05) is 12.2 Å². The van der Waals surface area contributed by atoms with Crippen LogP contribution in [0.2, 0.25) is 0 Å². The van der Waals surface area contributed by atoms with Crippen LogP contribution in [-0.2, 0) is 0 Å². The SMILES string of the molecule is C=N/C(C)=C\C=C/C. The van der Waals surface area contributed by atoms with Crippen LogP contribution in [0.4, 0.5) is 0 Å². The van der Waals surface area contributed by atoms with Crippen molar-refractivity contribution in [3.63, 3.8) is 0 Å². The van der Waals surface area contributed by atoms with E-state index in [0.29, 0.717) is 0 Å². The summed E-state index contributed by atoms with van der Waals surface area (Å²) in [6.07, 6.45) is 5.80. The van der Waals surface area contributed by atoms with Gasteiger partial charge in [0.05, 0.1) is 0 Å². The fourth-order valence-corrected chi connectivity index (χ4v) is 0.288. The van der Waals surface area contributed by atoms with Gasteiger partial charge in [0, 0.05) is 5.70 Å². The number of rotatable bonds is 2. The summed E-state index contributed by atoms with van der Waals surface area (Å²) in [6.45, 7) is 7.24. The maximum absolute atomic E-state index is 3.69.